The first-order chi connectivity index (χ1) is 13.5. The van der Waals surface area contributed by atoms with Crippen molar-refractivity contribution in [3.8, 4) is 5.75 Å². The second kappa shape index (κ2) is 10.2. The van der Waals surface area contributed by atoms with E-state index in [9.17, 15) is 4.79 Å². The molecule has 0 saturated heterocycles. The van der Waals surface area contributed by atoms with Gasteiger partial charge in [-0.05, 0) is 31.9 Å². The lowest BCUT2D eigenvalue weighted by Crippen LogP contribution is -2.35. The molecule has 1 saturated carbocycles. The van der Waals surface area contributed by atoms with E-state index < -0.39 is 0 Å². The summed E-state index contributed by atoms with van der Waals surface area (Å²) in [5.74, 6) is 1.69. The van der Waals surface area contributed by atoms with Gasteiger partial charge in [0.1, 0.15) is 5.75 Å². The Morgan fingerprint density at radius 2 is 2.00 bits per heavy atom. The molecule has 28 heavy (non-hydrogen) atoms. The topological polar surface area (TPSA) is 69.0 Å². The maximum Gasteiger partial charge on any atom is 0.230 e. The van der Waals surface area contributed by atoms with Gasteiger partial charge in [0.15, 0.2) is 17.1 Å². The molecule has 0 aliphatic heterocycles. The summed E-state index contributed by atoms with van der Waals surface area (Å²) in [7, 11) is 1.88. The highest BCUT2D eigenvalue weighted by molar-refractivity contribution is 7.99. The molecule has 2 aromatic rings. The summed E-state index contributed by atoms with van der Waals surface area (Å²) in [6.45, 7) is 1.90. The van der Waals surface area contributed by atoms with E-state index in [0.29, 0.717) is 33.5 Å². The minimum atomic E-state index is -0.313. The van der Waals surface area contributed by atoms with E-state index in [1.54, 1.807) is 6.07 Å². The number of ether oxygens (including phenoxy) is 1. The molecule has 1 fully saturated rings. The molecule has 1 heterocycles. The SMILES string of the molecule is CC(Oc1ccccc1Cl)c1nnc(SCC(=O)NC2CCCCCC2)n1C. The highest BCUT2D eigenvalue weighted by Gasteiger charge is 2.20. The van der Waals surface area contributed by atoms with Crippen LogP contribution in [0.15, 0.2) is 29.4 Å². The summed E-state index contributed by atoms with van der Waals surface area (Å²) in [6, 6.07) is 7.65. The van der Waals surface area contributed by atoms with E-state index in [0.717, 1.165) is 12.8 Å². The number of nitrogens with zero attached hydrogens (tertiary/aromatic N) is 3. The van der Waals surface area contributed by atoms with Crippen LogP contribution in [-0.4, -0.2) is 32.5 Å². The Labute approximate surface area is 175 Å². The number of halogens is 1. The highest BCUT2D eigenvalue weighted by atomic mass is 35.5. The molecule has 1 aliphatic rings. The molecule has 1 atom stereocenters. The number of thioether (sulfide) groups is 1. The molecule has 1 aromatic heterocycles. The van der Waals surface area contributed by atoms with Crippen LogP contribution in [0, 0.1) is 0 Å². The zero-order valence-electron chi connectivity index (χ0n) is 16.4. The second-order valence-electron chi connectivity index (χ2n) is 7.13. The summed E-state index contributed by atoms with van der Waals surface area (Å²) in [4.78, 5) is 12.3. The van der Waals surface area contributed by atoms with Gasteiger partial charge in [-0.3, -0.25) is 4.79 Å². The lowest BCUT2D eigenvalue weighted by Gasteiger charge is -2.16. The predicted octanol–water partition coefficient (Wildman–Crippen LogP) is 4.54. The van der Waals surface area contributed by atoms with Gasteiger partial charge in [0.25, 0.3) is 0 Å². The molecule has 1 unspecified atom stereocenters. The molecule has 0 bridgehead atoms. The van der Waals surface area contributed by atoms with Crippen LogP contribution in [0.2, 0.25) is 5.02 Å². The van der Waals surface area contributed by atoms with Crippen LogP contribution < -0.4 is 10.1 Å². The first-order valence-electron chi connectivity index (χ1n) is 9.77. The van der Waals surface area contributed by atoms with E-state index in [1.807, 2.05) is 36.7 Å². The van der Waals surface area contributed by atoms with Crippen LogP contribution in [0.1, 0.15) is 57.4 Å². The number of hydrogen-bond donors (Lipinski definition) is 1. The minimum absolute atomic E-state index is 0.0572. The number of hydrogen-bond acceptors (Lipinski definition) is 5. The Morgan fingerprint density at radius 3 is 2.71 bits per heavy atom. The number of para-hydroxylation sites is 1. The molecule has 0 radical (unpaired) electrons. The molecule has 8 heteroatoms. The number of amides is 1. The molecule has 152 valence electrons. The average molecular weight is 423 g/mol. The van der Waals surface area contributed by atoms with Crippen molar-refractivity contribution < 1.29 is 9.53 Å². The molecule has 6 nitrogen and oxygen atoms in total. The van der Waals surface area contributed by atoms with Gasteiger partial charge in [0.2, 0.25) is 5.91 Å². The smallest absolute Gasteiger partial charge is 0.230 e. The molecular weight excluding hydrogens is 396 g/mol. The summed E-state index contributed by atoms with van der Waals surface area (Å²) >= 11 is 7.55. The van der Waals surface area contributed by atoms with Crippen molar-refractivity contribution in [3.05, 3.63) is 35.1 Å². The molecular formula is C20H27ClN4O2S. The van der Waals surface area contributed by atoms with Crippen LogP contribution in [0.25, 0.3) is 0 Å². The number of carbonyl (C=O) groups excluding carboxylic acids is 1. The first kappa shape index (κ1) is 21.0. The van der Waals surface area contributed by atoms with Crippen molar-refractivity contribution in [1.29, 1.82) is 0 Å². The Morgan fingerprint density at radius 1 is 1.29 bits per heavy atom. The van der Waals surface area contributed by atoms with Gasteiger partial charge in [0, 0.05) is 13.1 Å². The molecule has 1 aliphatic carbocycles. The van der Waals surface area contributed by atoms with Crippen molar-refractivity contribution in [1.82, 2.24) is 20.1 Å². The Bertz CT molecular complexity index is 790. The summed E-state index contributed by atoms with van der Waals surface area (Å²) in [5.41, 5.74) is 0. The summed E-state index contributed by atoms with van der Waals surface area (Å²) in [6.07, 6.45) is 6.81. The third-order valence-corrected chi connectivity index (χ3v) is 6.26. The number of benzene rings is 1. The van der Waals surface area contributed by atoms with Crippen LogP contribution in [-0.2, 0) is 11.8 Å². The number of carbonyl (C=O) groups is 1. The summed E-state index contributed by atoms with van der Waals surface area (Å²) < 4.78 is 7.79. The van der Waals surface area contributed by atoms with E-state index in [-0.39, 0.29) is 12.0 Å². The Balaban J connectivity index is 1.53. The molecule has 3 rings (SSSR count). The van der Waals surface area contributed by atoms with Crippen molar-refractivity contribution in [2.45, 2.75) is 62.8 Å². The number of nitrogens with one attached hydrogen (secondary N) is 1. The summed E-state index contributed by atoms with van der Waals surface area (Å²) in [5, 5.41) is 12.9. The van der Waals surface area contributed by atoms with Crippen LogP contribution in [0.3, 0.4) is 0 Å². The third kappa shape index (κ3) is 5.64. The van der Waals surface area contributed by atoms with Crippen molar-refractivity contribution >= 4 is 29.3 Å². The van der Waals surface area contributed by atoms with Gasteiger partial charge in [-0.2, -0.15) is 0 Å². The van der Waals surface area contributed by atoms with Crippen molar-refractivity contribution in [3.63, 3.8) is 0 Å². The fourth-order valence-corrected chi connectivity index (χ4v) is 4.32. The number of rotatable bonds is 7. The van der Waals surface area contributed by atoms with E-state index >= 15 is 0 Å². The fourth-order valence-electron chi connectivity index (χ4n) is 3.41. The zero-order chi connectivity index (χ0) is 19.9. The van der Waals surface area contributed by atoms with Crippen molar-refractivity contribution in [2.75, 3.05) is 5.75 Å². The third-order valence-electron chi connectivity index (χ3n) is 4.93. The Kier molecular flexibility index (Phi) is 7.62. The first-order valence-corrected chi connectivity index (χ1v) is 11.1. The van der Waals surface area contributed by atoms with Gasteiger partial charge < -0.3 is 14.6 Å². The fraction of sp³-hybridized carbons (Fsp3) is 0.550. The minimum Gasteiger partial charge on any atom is -0.481 e. The van der Waals surface area contributed by atoms with E-state index in [2.05, 4.69) is 15.5 Å². The van der Waals surface area contributed by atoms with Gasteiger partial charge in [-0.15, -0.1) is 10.2 Å². The van der Waals surface area contributed by atoms with Crippen LogP contribution in [0.5, 0.6) is 5.75 Å². The normalized spacial score (nSPS) is 16.4. The van der Waals surface area contributed by atoms with Gasteiger partial charge >= 0.3 is 0 Å². The highest BCUT2D eigenvalue weighted by Crippen LogP contribution is 2.29. The standard InChI is InChI=1S/C20H27ClN4O2S/c1-14(27-17-12-8-7-11-16(17)21)19-23-24-20(25(19)2)28-13-18(26)22-15-9-5-3-4-6-10-15/h7-8,11-12,14-15H,3-6,9-10,13H2,1-2H3,(H,22,26). The van der Waals surface area contributed by atoms with Crippen LogP contribution >= 0.6 is 23.4 Å². The maximum absolute atomic E-state index is 12.3. The number of aromatic nitrogens is 3. The molecule has 1 aromatic carbocycles. The van der Waals surface area contributed by atoms with E-state index in [1.165, 1.54) is 37.4 Å². The average Bonchev–Trinajstić information content (AvgIpc) is 2.87. The molecule has 0 spiro atoms. The predicted molar refractivity (Wildman–Crippen MR) is 112 cm³/mol. The maximum atomic E-state index is 12.3. The largest absolute Gasteiger partial charge is 0.481 e. The monoisotopic (exact) mass is 422 g/mol. The van der Waals surface area contributed by atoms with Gasteiger partial charge in [-0.25, -0.2) is 0 Å². The Hall–Kier alpha value is -1.73. The van der Waals surface area contributed by atoms with Crippen LogP contribution in [0.4, 0.5) is 0 Å². The molecule has 1 amide bonds. The van der Waals surface area contributed by atoms with Gasteiger partial charge in [-0.1, -0.05) is 61.2 Å². The molecule has 1 N–H and O–H groups in total. The van der Waals surface area contributed by atoms with Crippen molar-refractivity contribution in [2.24, 2.45) is 7.05 Å². The zero-order valence-corrected chi connectivity index (χ0v) is 17.9. The van der Waals surface area contributed by atoms with Gasteiger partial charge in [0.05, 0.1) is 10.8 Å². The second-order valence-corrected chi connectivity index (χ2v) is 8.48. The van der Waals surface area contributed by atoms with E-state index in [4.69, 9.17) is 16.3 Å². The quantitative estimate of drug-likeness (QED) is 0.524. The lowest BCUT2D eigenvalue weighted by molar-refractivity contribution is -0.119. The lowest BCUT2D eigenvalue weighted by atomic mass is 10.1.